The molecule has 3 aromatic rings. The van der Waals surface area contributed by atoms with Gasteiger partial charge in [0.25, 0.3) is 0 Å². The van der Waals surface area contributed by atoms with Crippen LogP contribution in [0.2, 0.25) is 10.0 Å². The maximum absolute atomic E-state index is 9.43. The molecule has 0 radical (unpaired) electrons. The van der Waals surface area contributed by atoms with Crippen molar-refractivity contribution >= 4 is 44.8 Å². The largest absolute Gasteiger partial charge is 0.508 e. The topological polar surface area (TPSA) is 33.1 Å². The summed E-state index contributed by atoms with van der Waals surface area (Å²) in [5.41, 5.74) is 1.78. The zero-order valence-corrected chi connectivity index (χ0v) is 11.4. The van der Waals surface area contributed by atoms with Crippen LogP contribution in [0.25, 0.3) is 20.8 Å². The summed E-state index contributed by atoms with van der Waals surface area (Å²) in [4.78, 5) is 4.50. The summed E-state index contributed by atoms with van der Waals surface area (Å²) in [6.07, 6.45) is 0. The minimum Gasteiger partial charge on any atom is -0.508 e. The van der Waals surface area contributed by atoms with Gasteiger partial charge in [-0.2, -0.15) is 0 Å². The molecule has 0 bridgehead atoms. The lowest BCUT2D eigenvalue weighted by atomic mass is 10.2. The van der Waals surface area contributed by atoms with Crippen LogP contribution in [0, 0.1) is 0 Å². The molecule has 0 saturated heterocycles. The second-order valence-corrected chi connectivity index (χ2v) is 5.64. The molecule has 90 valence electrons. The van der Waals surface area contributed by atoms with Gasteiger partial charge >= 0.3 is 0 Å². The van der Waals surface area contributed by atoms with Gasteiger partial charge in [0.2, 0.25) is 0 Å². The maximum Gasteiger partial charge on any atom is 0.124 e. The predicted octanol–water partition coefficient (Wildman–Crippen LogP) is 4.98. The fourth-order valence-electron chi connectivity index (χ4n) is 1.67. The monoisotopic (exact) mass is 295 g/mol. The summed E-state index contributed by atoms with van der Waals surface area (Å²) < 4.78 is 0.941. The predicted molar refractivity (Wildman–Crippen MR) is 76.7 cm³/mol. The molecule has 0 amide bonds. The molecule has 18 heavy (non-hydrogen) atoms. The van der Waals surface area contributed by atoms with E-state index in [1.165, 1.54) is 11.3 Å². The summed E-state index contributed by atoms with van der Waals surface area (Å²) in [6.45, 7) is 0. The van der Waals surface area contributed by atoms with E-state index < -0.39 is 0 Å². The summed E-state index contributed by atoms with van der Waals surface area (Å²) >= 11 is 13.4. The summed E-state index contributed by atoms with van der Waals surface area (Å²) in [5, 5.41) is 11.3. The van der Waals surface area contributed by atoms with Crippen LogP contribution < -0.4 is 0 Å². The third-order valence-corrected chi connectivity index (χ3v) is 4.34. The fourth-order valence-corrected chi connectivity index (χ4v) is 2.96. The maximum atomic E-state index is 9.43. The molecule has 2 nitrogen and oxygen atoms in total. The molecule has 0 fully saturated rings. The van der Waals surface area contributed by atoms with Crippen molar-refractivity contribution in [1.82, 2.24) is 4.98 Å². The number of halogens is 2. The molecule has 0 saturated carbocycles. The van der Waals surface area contributed by atoms with Crippen molar-refractivity contribution < 1.29 is 5.11 Å². The van der Waals surface area contributed by atoms with Gasteiger partial charge in [0.1, 0.15) is 10.8 Å². The molecular weight excluding hydrogens is 289 g/mol. The highest BCUT2D eigenvalue weighted by atomic mass is 35.5. The van der Waals surface area contributed by atoms with Crippen molar-refractivity contribution in [2.75, 3.05) is 0 Å². The average Bonchev–Trinajstić information content (AvgIpc) is 2.75. The van der Waals surface area contributed by atoms with Crippen LogP contribution in [-0.2, 0) is 0 Å². The SMILES string of the molecule is Oc1ccc2nc(-c3ccc(Cl)c(Cl)c3)sc2c1. The molecule has 1 N–H and O–H groups in total. The Hall–Kier alpha value is -1.29. The van der Waals surface area contributed by atoms with Crippen LogP contribution in [0.1, 0.15) is 0 Å². The van der Waals surface area contributed by atoms with Gasteiger partial charge in [-0.25, -0.2) is 4.98 Å². The van der Waals surface area contributed by atoms with E-state index in [2.05, 4.69) is 4.98 Å². The van der Waals surface area contributed by atoms with E-state index in [9.17, 15) is 5.11 Å². The van der Waals surface area contributed by atoms with Crippen LogP contribution in [0.3, 0.4) is 0 Å². The summed E-state index contributed by atoms with van der Waals surface area (Å²) in [6, 6.07) is 10.5. The Morgan fingerprint density at radius 3 is 2.61 bits per heavy atom. The van der Waals surface area contributed by atoms with Crippen molar-refractivity contribution in [3.63, 3.8) is 0 Å². The lowest BCUT2D eigenvalue weighted by Crippen LogP contribution is -1.76. The zero-order valence-electron chi connectivity index (χ0n) is 9.02. The lowest BCUT2D eigenvalue weighted by Gasteiger charge is -1.98. The number of benzene rings is 2. The highest BCUT2D eigenvalue weighted by Gasteiger charge is 2.08. The normalized spacial score (nSPS) is 11.0. The zero-order chi connectivity index (χ0) is 12.7. The van der Waals surface area contributed by atoms with Crippen molar-refractivity contribution in [2.24, 2.45) is 0 Å². The quantitative estimate of drug-likeness (QED) is 0.687. The molecule has 0 spiro atoms. The van der Waals surface area contributed by atoms with Gasteiger partial charge in [-0.15, -0.1) is 11.3 Å². The third-order valence-electron chi connectivity index (χ3n) is 2.54. The van der Waals surface area contributed by atoms with Crippen molar-refractivity contribution in [1.29, 1.82) is 0 Å². The van der Waals surface area contributed by atoms with Crippen molar-refractivity contribution in [3.8, 4) is 16.3 Å². The fraction of sp³-hybridized carbons (Fsp3) is 0. The molecule has 0 atom stereocenters. The third kappa shape index (κ3) is 2.05. The highest BCUT2D eigenvalue weighted by Crippen LogP contribution is 2.34. The highest BCUT2D eigenvalue weighted by molar-refractivity contribution is 7.21. The average molecular weight is 296 g/mol. The van der Waals surface area contributed by atoms with Crippen molar-refractivity contribution in [3.05, 3.63) is 46.4 Å². The Labute approximate surface area is 117 Å². The number of hydrogen-bond donors (Lipinski definition) is 1. The molecule has 2 aromatic carbocycles. The van der Waals surface area contributed by atoms with Gasteiger partial charge in [0, 0.05) is 5.56 Å². The summed E-state index contributed by atoms with van der Waals surface area (Å²) in [5.74, 6) is 0.242. The Bertz CT molecular complexity index is 739. The second kappa shape index (κ2) is 4.43. The first kappa shape index (κ1) is 11.8. The Balaban J connectivity index is 2.16. The van der Waals surface area contributed by atoms with E-state index in [4.69, 9.17) is 23.2 Å². The van der Waals surface area contributed by atoms with E-state index in [0.29, 0.717) is 10.0 Å². The molecule has 1 heterocycles. The number of nitrogens with zero attached hydrogens (tertiary/aromatic N) is 1. The molecule has 0 aliphatic carbocycles. The van der Waals surface area contributed by atoms with E-state index >= 15 is 0 Å². The van der Waals surface area contributed by atoms with Gasteiger partial charge < -0.3 is 5.11 Å². The molecule has 0 unspecified atom stereocenters. The Morgan fingerprint density at radius 1 is 1.00 bits per heavy atom. The van der Waals surface area contributed by atoms with Crippen LogP contribution in [-0.4, -0.2) is 10.1 Å². The van der Waals surface area contributed by atoms with Gasteiger partial charge in [-0.3, -0.25) is 0 Å². The second-order valence-electron chi connectivity index (χ2n) is 3.80. The number of hydrogen-bond acceptors (Lipinski definition) is 3. The molecular formula is C13H7Cl2NOS. The van der Waals surface area contributed by atoms with Crippen LogP contribution in [0.4, 0.5) is 0 Å². The van der Waals surface area contributed by atoms with Gasteiger partial charge in [0.05, 0.1) is 20.3 Å². The number of thiazole rings is 1. The Kier molecular flexibility index (Phi) is 2.90. The smallest absolute Gasteiger partial charge is 0.124 e. The molecule has 1 aromatic heterocycles. The minimum atomic E-state index is 0.242. The molecule has 5 heteroatoms. The van der Waals surface area contributed by atoms with Gasteiger partial charge in [0.15, 0.2) is 0 Å². The van der Waals surface area contributed by atoms with Gasteiger partial charge in [-0.05, 0) is 30.3 Å². The lowest BCUT2D eigenvalue weighted by molar-refractivity contribution is 0.476. The van der Waals surface area contributed by atoms with E-state index in [1.54, 1.807) is 30.3 Å². The van der Waals surface area contributed by atoms with Crippen molar-refractivity contribution in [2.45, 2.75) is 0 Å². The number of phenols is 1. The van der Waals surface area contributed by atoms with Gasteiger partial charge in [-0.1, -0.05) is 29.3 Å². The number of aromatic nitrogens is 1. The molecule has 0 aliphatic heterocycles. The number of rotatable bonds is 1. The van der Waals surface area contributed by atoms with Crippen LogP contribution in [0.5, 0.6) is 5.75 Å². The number of aromatic hydroxyl groups is 1. The Morgan fingerprint density at radius 2 is 1.83 bits per heavy atom. The standard InChI is InChI=1S/C13H7Cl2NOS/c14-9-3-1-7(5-10(9)15)13-16-11-4-2-8(17)6-12(11)18-13/h1-6,17H. The van der Waals surface area contributed by atoms with E-state index in [1.807, 2.05) is 6.07 Å². The van der Waals surface area contributed by atoms with E-state index in [0.717, 1.165) is 20.8 Å². The number of fused-ring (bicyclic) bond motifs is 1. The first-order valence-electron chi connectivity index (χ1n) is 5.18. The molecule has 3 rings (SSSR count). The summed E-state index contributed by atoms with van der Waals surface area (Å²) in [7, 11) is 0. The minimum absolute atomic E-state index is 0.242. The molecule has 0 aliphatic rings. The first-order chi connectivity index (χ1) is 8.63. The number of phenolic OH excluding ortho intramolecular Hbond substituents is 1. The van der Waals surface area contributed by atoms with Crippen LogP contribution >= 0.6 is 34.5 Å². The van der Waals surface area contributed by atoms with Crippen LogP contribution in [0.15, 0.2) is 36.4 Å². The first-order valence-corrected chi connectivity index (χ1v) is 6.76. The van der Waals surface area contributed by atoms with E-state index in [-0.39, 0.29) is 5.75 Å².